The highest BCUT2D eigenvalue weighted by molar-refractivity contribution is 5.98. The molecule has 0 spiro atoms. The zero-order chi connectivity index (χ0) is 9.78. The number of hydrogen-bond donors (Lipinski definition) is 3. The summed E-state index contributed by atoms with van der Waals surface area (Å²) in [5, 5.41) is 25.8. The van der Waals surface area contributed by atoms with Gasteiger partial charge in [0, 0.05) is 6.61 Å². The van der Waals surface area contributed by atoms with Crippen LogP contribution < -0.4 is 0 Å². The minimum Gasteiger partial charge on any atom is -0.480 e. The minimum absolute atomic E-state index is 0.0295. The first-order chi connectivity index (χ1) is 5.51. The second-order valence-corrected chi connectivity index (χ2v) is 2.52. The predicted octanol–water partition coefficient (Wildman–Crippen LogP) is -0.0656. The highest BCUT2D eigenvalue weighted by Crippen LogP contribution is 2.26. The van der Waals surface area contributed by atoms with Crippen LogP contribution in [0.4, 0.5) is 0 Å². The maximum absolute atomic E-state index is 10.6. The molecule has 0 unspecified atom stereocenters. The van der Waals surface area contributed by atoms with Gasteiger partial charge in [-0.2, -0.15) is 0 Å². The van der Waals surface area contributed by atoms with Crippen LogP contribution >= 0.6 is 0 Å². The van der Waals surface area contributed by atoms with Gasteiger partial charge in [-0.15, -0.1) is 0 Å². The molecule has 0 rings (SSSR count). The van der Waals surface area contributed by atoms with Gasteiger partial charge < -0.3 is 15.3 Å². The highest BCUT2D eigenvalue weighted by Gasteiger charge is 2.44. The Bertz CT molecular complexity index is 172. The molecule has 0 heterocycles. The summed E-state index contributed by atoms with van der Waals surface area (Å²) in [6.45, 7) is 1.03. The maximum Gasteiger partial charge on any atom is 0.321 e. The highest BCUT2D eigenvalue weighted by atomic mass is 16.4. The van der Waals surface area contributed by atoms with Crippen molar-refractivity contribution in [1.82, 2.24) is 0 Å². The molecule has 12 heavy (non-hydrogen) atoms. The molecule has 0 radical (unpaired) electrons. The molecule has 0 amide bonds. The number of carbonyl (C=O) groups is 2. The number of rotatable bonds is 5. The summed E-state index contributed by atoms with van der Waals surface area (Å²) in [5.74, 6) is -2.79. The van der Waals surface area contributed by atoms with Gasteiger partial charge in [0.15, 0.2) is 5.41 Å². The van der Waals surface area contributed by atoms with E-state index >= 15 is 0 Å². The third-order valence-electron chi connectivity index (χ3n) is 1.96. The van der Waals surface area contributed by atoms with Crippen molar-refractivity contribution < 1.29 is 24.9 Å². The van der Waals surface area contributed by atoms with Gasteiger partial charge in [-0.25, -0.2) is 0 Å². The average Bonchev–Trinajstić information content (AvgIpc) is 1.98. The summed E-state index contributed by atoms with van der Waals surface area (Å²) < 4.78 is 0. The fourth-order valence-corrected chi connectivity index (χ4v) is 0.975. The van der Waals surface area contributed by atoms with Crippen LogP contribution in [0.25, 0.3) is 0 Å². The Morgan fingerprint density at radius 3 is 1.75 bits per heavy atom. The quantitative estimate of drug-likeness (QED) is 0.510. The van der Waals surface area contributed by atoms with Crippen LogP contribution in [0.3, 0.4) is 0 Å². The number of aliphatic hydroxyl groups is 1. The fourth-order valence-electron chi connectivity index (χ4n) is 0.975. The molecule has 70 valence electrons. The third kappa shape index (κ3) is 1.73. The van der Waals surface area contributed by atoms with Gasteiger partial charge in [0.2, 0.25) is 0 Å². The predicted molar refractivity (Wildman–Crippen MR) is 39.7 cm³/mol. The Balaban J connectivity index is 4.76. The third-order valence-corrected chi connectivity index (χ3v) is 1.96. The lowest BCUT2D eigenvalue weighted by molar-refractivity contribution is -0.166. The summed E-state index contributed by atoms with van der Waals surface area (Å²) in [6, 6.07) is 0. The van der Waals surface area contributed by atoms with Gasteiger partial charge in [-0.1, -0.05) is 6.92 Å². The van der Waals surface area contributed by atoms with Crippen LogP contribution in [-0.4, -0.2) is 33.9 Å². The molecule has 0 aromatic carbocycles. The van der Waals surface area contributed by atoms with Crippen LogP contribution in [0.15, 0.2) is 0 Å². The van der Waals surface area contributed by atoms with E-state index in [1.807, 2.05) is 0 Å². The first-order valence-electron chi connectivity index (χ1n) is 3.59. The molecule has 0 aliphatic rings. The Hall–Kier alpha value is -1.10. The molecule has 0 fully saturated rings. The lowest BCUT2D eigenvalue weighted by atomic mass is 9.82. The maximum atomic E-state index is 10.6. The van der Waals surface area contributed by atoms with Gasteiger partial charge in [0.05, 0.1) is 0 Å². The summed E-state index contributed by atoms with van der Waals surface area (Å²) in [6.07, 6.45) is -0.285. The summed E-state index contributed by atoms with van der Waals surface area (Å²) in [5.41, 5.74) is -1.82. The van der Waals surface area contributed by atoms with Crippen molar-refractivity contribution in [2.45, 2.75) is 19.8 Å². The van der Waals surface area contributed by atoms with Crippen LogP contribution in [0.5, 0.6) is 0 Å². The van der Waals surface area contributed by atoms with E-state index in [2.05, 4.69) is 0 Å². The molecule has 0 saturated heterocycles. The van der Waals surface area contributed by atoms with E-state index in [-0.39, 0.29) is 12.8 Å². The van der Waals surface area contributed by atoms with E-state index in [1.165, 1.54) is 6.92 Å². The SMILES string of the molecule is CCC(CCO)(C(=O)O)C(=O)O. The minimum atomic E-state index is -1.82. The molecule has 0 aliphatic carbocycles. The van der Waals surface area contributed by atoms with Crippen molar-refractivity contribution in [1.29, 1.82) is 0 Å². The van der Waals surface area contributed by atoms with E-state index in [1.54, 1.807) is 0 Å². The van der Waals surface area contributed by atoms with Gasteiger partial charge in [0.25, 0.3) is 0 Å². The van der Waals surface area contributed by atoms with Crippen molar-refractivity contribution in [2.24, 2.45) is 5.41 Å². The largest absolute Gasteiger partial charge is 0.480 e. The molecule has 5 nitrogen and oxygen atoms in total. The van der Waals surface area contributed by atoms with Crippen LogP contribution in [0, 0.1) is 5.41 Å². The van der Waals surface area contributed by atoms with Gasteiger partial charge in [-0.3, -0.25) is 9.59 Å². The lowest BCUT2D eigenvalue weighted by Gasteiger charge is -2.21. The number of carboxylic acids is 2. The van der Waals surface area contributed by atoms with E-state index < -0.39 is 24.0 Å². The molecule has 0 saturated carbocycles. The van der Waals surface area contributed by atoms with Gasteiger partial charge in [-0.05, 0) is 12.8 Å². The molecule has 3 N–H and O–H groups in total. The van der Waals surface area contributed by atoms with Crippen molar-refractivity contribution >= 4 is 11.9 Å². The number of carboxylic acid groups (broad SMARTS) is 2. The Labute approximate surface area is 69.6 Å². The topological polar surface area (TPSA) is 94.8 Å². The smallest absolute Gasteiger partial charge is 0.321 e. The molecule has 0 atom stereocenters. The number of hydrogen-bond acceptors (Lipinski definition) is 3. The normalized spacial score (nSPS) is 11.2. The molecule has 5 heteroatoms. The standard InChI is InChI=1S/C7H12O5/c1-2-7(3-4-8,5(9)10)6(11)12/h8H,2-4H2,1H3,(H,9,10)(H,11,12). The summed E-state index contributed by atoms with van der Waals surface area (Å²) in [7, 11) is 0. The van der Waals surface area contributed by atoms with E-state index in [0.29, 0.717) is 0 Å². The summed E-state index contributed by atoms with van der Waals surface area (Å²) in [4.78, 5) is 21.2. The average molecular weight is 176 g/mol. The Morgan fingerprint density at radius 2 is 1.67 bits per heavy atom. The van der Waals surface area contributed by atoms with Crippen molar-refractivity contribution in [3.8, 4) is 0 Å². The molecule has 0 aliphatic heterocycles. The van der Waals surface area contributed by atoms with Crippen molar-refractivity contribution in [3.05, 3.63) is 0 Å². The van der Waals surface area contributed by atoms with E-state index in [9.17, 15) is 9.59 Å². The van der Waals surface area contributed by atoms with Gasteiger partial charge in [0.1, 0.15) is 0 Å². The summed E-state index contributed by atoms with van der Waals surface area (Å²) >= 11 is 0. The molecule has 0 aromatic rings. The number of aliphatic hydroxyl groups excluding tert-OH is 1. The zero-order valence-electron chi connectivity index (χ0n) is 6.78. The molecule has 0 bridgehead atoms. The van der Waals surface area contributed by atoms with Gasteiger partial charge >= 0.3 is 11.9 Å². The fraction of sp³-hybridized carbons (Fsp3) is 0.714. The Kier molecular flexibility index (Phi) is 3.69. The monoisotopic (exact) mass is 176 g/mol. The second kappa shape index (κ2) is 4.06. The van der Waals surface area contributed by atoms with Crippen LogP contribution in [0.1, 0.15) is 19.8 Å². The van der Waals surface area contributed by atoms with E-state index in [0.717, 1.165) is 0 Å². The molecule has 0 aromatic heterocycles. The van der Waals surface area contributed by atoms with Crippen molar-refractivity contribution in [3.63, 3.8) is 0 Å². The van der Waals surface area contributed by atoms with Crippen molar-refractivity contribution in [2.75, 3.05) is 6.61 Å². The first kappa shape index (κ1) is 10.9. The lowest BCUT2D eigenvalue weighted by Crippen LogP contribution is -2.39. The van der Waals surface area contributed by atoms with E-state index in [4.69, 9.17) is 15.3 Å². The van der Waals surface area contributed by atoms with Crippen LogP contribution in [-0.2, 0) is 9.59 Å². The second-order valence-electron chi connectivity index (χ2n) is 2.52. The number of aliphatic carboxylic acids is 2. The zero-order valence-corrected chi connectivity index (χ0v) is 6.78. The Morgan fingerprint density at radius 1 is 1.25 bits per heavy atom. The first-order valence-corrected chi connectivity index (χ1v) is 3.59. The molecular formula is C7H12O5. The molecular weight excluding hydrogens is 164 g/mol. The van der Waals surface area contributed by atoms with Crippen LogP contribution in [0.2, 0.25) is 0 Å².